The molecule has 0 radical (unpaired) electrons. The summed E-state index contributed by atoms with van der Waals surface area (Å²) in [5.41, 5.74) is 1.05. The second-order valence-electron chi connectivity index (χ2n) is 5.39. The van der Waals surface area contributed by atoms with Gasteiger partial charge in [0, 0.05) is 12.6 Å². The summed E-state index contributed by atoms with van der Waals surface area (Å²) in [7, 11) is 1.63. The molecule has 140 valence electrons. The van der Waals surface area contributed by atoms with Gasteiger partial charge >= 0.3 is 0 Å². The first-order valence-electron chi connectivity index (χ1n) is 8.35. The molecule has 0 fully saturated rings. The van der Waals surface area contributed by atoms with Gasteiger partial charge in [-0.15, -0.1) is 0 Å². The molecule has 0 saturated carbocycles. The molecular formula is C19H23F2N3O2. The molecule has 2 N–H and O–H groups in total. The van der Waals surface area contributed by atoms with Gasteiger partial charge in [0.15, 0.2) is 17.5 Å². The average Bonchev–Trinajstić information content (AvgIpc) is 2.65. The van der Waals surface area contributed by atoms with E-state index < -0.39 is 11.6 Å². The van der Waals surface area contributed by atoms with Crippen LogP contribution in [0.15, 0.2) is 47.5 Å². The molecule has 7 heteroatoms. The second kappa shape index (κ2) is 10.2. The average molecular weight is 363 g/mol. The van der Waals surface area contributed by atoms with Crippen molar-refractivity contribution in [1.82, 2.24) is 10.6 Å². The van der Waals surface area contributed by atoms with Gasteiger partial charge in [-0.05, 0) is 36.8 Å². The fourth-order valence-electron chi connectivity index (χ4n) is 2.17. The summed E-state index contributed by atoms with van der Waals surface area (Å²) in [5.74, 6) is 0.103. The number of aliphatic imine (C=N–C) groups is 1. The van der Waals surface area contributed by atoms with Gasteiger partial charge in [-0.2, -0.15) is 0 Å². The van der Waals surface area contributed by atoms with E-state index in [-0.39, 0.29) is 12.4 Å². The van der Waals surface area contributed by atoms with Crippen LogP contribution in [0.5, 0.6) is 11.5 Å². The number of benzene rings is 2. The molecule has 5 nitrogen and oxygen atoms in total. The first kappa shape index (κ1) is 19.5. The van der Waals surface area contributed by atoms with Crippen LogP contribution in [-0.4, -0.2) is 32.8 Å². The lowest BCUT2D eigenvalue weighted by atomic mass is 10.2. The lowest BCUT2D eigenvalue weighted by Crippen LogP contribution is -2.39. The first-order chi connectivity index (χ1) is 12.6. The minimum Gasteiger partial charge on any atom is -0.497 e. The third kappa shape index (κ3) is 6.23. The zero-order chi connectivity index (χ0) is 18.8. The molecule has 0 saturated heterocycles. The van der Waals surface area contributed by atoms with Crippen LogP contribution in [0, 0.1) is 11.6 Å². The zero-order valence-electron chi connectivity index (χ0n) is 14.9. The maximum atomic E-state index is 13.5. The van der Waals surface area contributed by atoms with Crippen molar-refractivity contribution in [3.63, 3.8) is 0 Å². The molecular weight excluding hydrogens is 340 g/mol. The molecule has 0 aliphatic carbocycles. The van der Waals surface area contributed by atoms with Crippen molar-refractivity contribution in [1.29, 1.82) is 0 Å². The highest BCUT2D eigenvalue weighted by Gasteiger charge is 2.05. The normalized spacial score (nSPS) is 11.2. The molecule has 2 rings (SSSR count). The third-order valence-corrected chi connectivity index (χ3v) is 3.47. The largest absolute Gasteiger partial charge is 0.497 e. The van der Waals surface area contributed by atoms with Crippen molar-refractivity contribution in [3.05, 3.63) is 59.7 Å². The van der Waals surface area contributed by atoms with Crippen LogP contribution in [0.4, 0.5) is 8.78 Å². The summed E-state index contributed by atoms with van der Waals surface area (Å²) >= 11 is 0. The number of halogens is 2. The summed E-state index contributed by atoms with van der Waals surface area (Å²) in [5, 5.41) is 6.24. The molecule has 0 atom stereocenters. The Morgan fingerprint density at radius 3 is 2.50 bits per heavy atom. The fraction of sp³-hybridized carbons (Fsp3) is 0.316. The topological polar surface area (TPSA) is 54.9 Å². The Morgan fingerprint density at radius 2 is 1.85 bits per heavy atom. The number of hydrogen-bond donors (Lipinski definition) is 2. The van der Waals surface area contributed by atoms with Gasteiger partial charge in [-0.1, -0.05) is 12.1 Å². The number of hydrogen-bond acceptors (Lipinski definition) is 3. The van der Waals surface area contributed by atoms with Crippen LogP contribution in [0.25, 0.3) is 0 Å². The van der Waals surface area contributed by atoms with Crippen LogP contribution >= 0.6 is 0 Å². The quantitative estimate of drug-likeness (QED) is 0.430. The van der Waals surface area contributed by atoms with E-state index in [1.807, 2.05) is 31.2 Å². The van der Waals surface area contributed by atoms with E-state index in [0.717, 1.165) is 23.4 Å². The Labute approximate surface area is 152 Å². The predicted molar refractivity (Wildman–Crippen MR) is 97.7 cm³/mol. The van der Waals surface area contributed by atoms with Gasteiger partial charge in [0.25, 0.3) is 0 Å². The van der Waals surface area contributed by atoms with Gasteiger partial charge < -0.3 is 20.1 Å². The van der Waals surface area contributed by atoms with E-state index in [1.54, 1.807) is 7.11 Å². The molecule has 0 aliphatic rings. The van der Waals surface area contributed by atoms with Crippen molar-refractivity contribution in [3.8, 4) is 11.5 Å². The van der Waals surface area contributed by atoms with Crippen molar-refractivity contribution in [2.24, 2.45) is 4.99 Å². The van der Waals surface area contributed by atoms with Gasteiger partial charge in [0.05, 0.1) is 20.2 Å². The highest BCUT2D eigenvalue weighted by Crippen LogP contribution is 2.17. The van der Waals surface area contributed by atoms with E-state index in [0.29, 0.717) is 25.6 Å². The van der Waals surface area contributed by atoms with Crippen molar-refractivity contribution < 1.29 is 18.3 Å². The Kier molecular flexibility index (Phi) is 7.67. The molecule has 0 heterocycles. The van der Waals surface area contributed by atoms with Crippen molar-refractivity contribution in [2.75, 3.05) is 26.8 Å². The van der Waals surface area contributed by atoms with E-state index >= 15 is 0 Å². The fourth-order valence-corrected chi connectivity index (χ4v) is 2.17. The van der Waals surface area contributed by atoms with Crippen LogP contribution in [0.3, 0.4) is 0 Å². The Balaban J connectivity index is 1.82. The van der Waals surface area contributed by atoms with Crippen LogP contribution < -0.4 is 20.1 Å². The number of ether oxygens (including phenoxy) is 2. The molecule has 0 aromatic heterocycles. The van der Waals surface area contributed by atoms with E-state index in [2.05, 4.69) is 15.6 Å². The molecule has 2 aromatic carbocycles. The monoisotopic (exact) mass is 363 g/mol. The number of rotatable bonds is 8. The molecule has 2 aromatic rings. The Bertz CT molecular complexity index is 721. The third-order valence-electron chi connectivity index (χ3n) is 3.47. The lowest BCUT2D eigenvalue weighted by Gasteiger charge is -2.12. The van der Waals surface area contributed by atoms with Crippen LogP contribution in [-0.2, 0) is 6.54 Å². The van der Waals surface area contributed by atoms with Crippen molar-refractivity contribution >= 4 is 5.96 Å². The van der Waals surface area contributed by atoms with E-state index in [9.17, 15) is 8.78 Å². The summed E-state index contributed by atoms with van der Waals surface area (Å²) in [6.07, 6.45) is 0. The Morgan fingerprint density at radius 1 is 1.08 bits per heavy atom. The summed E-state index contributed by atoms with van der Waals surface area (Å²) in [6.45, 7) is 3.82. The van der Waals surface area contributed by atoms with Gasteiger partial charge in [-0.25, -0.2) is 13.8 Å². The minimum atomic E-state index is -0.718. The van der Waals surface area contributed by atoms with E-state index in [1.165, 1.54) is 6.07 Å². The van der Waals surface area contributed by atoms with E-state index in [4.69, 9.17) is 9.47 Å². The highest BCUT2D eigenvalue weighted by atomic mass is 19.1. The van der Waals surface area contributed by atoms with Crippen LogP contribution in [0.2, 0.25) is 0 Å². The number of nitrogens with one attached hydrogen (secondary N) is 2. The Hall–Kier alpha value is -2.83. The molecule has 0 amide bonds. The van der Waals surface area contributed by atoms with Gasteiger partial charge in [0.1, 0.15) is 18.2 Å². The smallest absolute Gasteiger partial charge is 0.191 e. The molecule has 0 bridgehead atoms. The van der Waals surface area contributed by atoms with Gasteiger partial charge in [-0.3, -0.25) is 0 Å². The maximum Gasteiger partial charge on any atom is 0.191 e. The second-order valence-corrected chi connectivity index (χ2v) is 5.39. The lowest BCUT2D eigenvalue weighted by molar-refractivity contribution is 0.304. The molecule has 0 spiro atoms. The zero-order valence-corrected chi connectivity index (χ0v) is 14.9. The number of nitrogens with zero attached hydrogens (tertiary/aromatic N) is 1. The van der Waals surface area contributed by atoms with Crippen LogP contribution in [0.1, 0.15) is 12.5 Å². The minimum absolute atomic E-state index is 0.0216. The predicted octanol–water partition coefficient (Wildman–Crippen LogP) is 3.11. The SMILES string of the molecule is CCNC(=NCc1ccc(OC)cc1)NCCOc1ccc(F)cc1F. The summed E-state index contributed by atoms with van der Waals surface area (Å²) < 4.78 is 36.8. The molecule has 0 unspecified atom stereocenters. The number of methoxy groups -OCH3 is 1. The standard InChI is InChI=1S/C19H23F2N3O2/c1-3-22-19(24-13-14-4-7-16(25-2)8-5-14)23-10-11-26-18-9-6-15(20)12-17(18)21/h4-9,12H,3,10-11,13H2,1-2H3,(H2,22,23,24). The maximum absolute atomic E-state index is 13.5. The summed E-state index contributed by atoms with van der Waals surface area (Å²) in [4.78, 5) is 4.49. The first-order valence-corrected chi connectivity index (χ1v) is 8.35. The molecule has 26 heavy (non-hydrogen) atoms. The van der Waals surface area contributed by atoms with Gasteiger partial charge in [0.2, 0.25) is 0 Å². The molecule has 0 aliphatic heterocycles. The number of guanidine groups is 1. The summed E-state index contributed by atoms with van der Waals surface area (Å²) in [6, 6.07) is 10.9. The van der Waals surface area contributed by atoms with Crippen molar-refractivity contribution in [2.45, 2.75) is 13.5 Å². The highest BCUT2D eigenvalue weighted by molar-refractivity contribution is 5.79.